The Balaban J connectivity index is 1.72. The summed E-state index contributed by atoms with van der Waals surface area (Å²) in [7, 11) is 0. The van der Waals surface area contributed by atoms with Gasteiger partial charge in [0, 0.05) is 0 Å². The van der Waals surface area contributed by atoms with Gasteiger partial charge in [-0.15, -0.1) is 0 Å². The summed E-state index contributed by atoms with van der Waals surface area (Å²) in [6.07, 6.45) is 4.56. The Morgan fingerprint density at radius 3 is 1.95 bits per heavy atom. The number of aryl methyl sites for hydroxylation is 1. The number of phenolic OH excluding ortho intramolecular Hbond substituents is 2. The molecule has 0 saturated heterocycles. The molecule has 2 heteroatoms. The molecule has 0 aliphatic carbocycles. The molecule has 0 spiro atoms. The molecule has 0 aliphatic rings. The first kappa shape index (κ1) is 14.4. The van der Waals surface area contributed by atoms with Gasteiger partial charge in [-0.3, -0.25) is 0 Å². The summed E-state index contributed by atoms with van der Waals surface area (Å²) in [5, 5.41) is 18.5. The van der Waals surface area contributed by atoms with E-state index in [4.69, 9.17) is 0 Å². The fraction of sp³-hybridized carbons (Fsp3) is 0.333. The van der Waals surface area contributed by atoms with Gasteiger partial charge < -0.3 is 10.2 Å². The Bertz CT molecular complexity index is 514. The van der Waals surface area contributed by atoms with Gasteiger partial charge in [0.05, 0.1) is 0 Å². The first-order valence-electron chi connectivity index (χ1n) is 7.22. The molecule has 2 rings (SSSR count). The van der Waals surface area contributed by atoms with Crippen LogP contribution in [0.25, 0.3) is 0 Å². The minimum Gasteiger partial charge on any atom is -0.508 e. The van der Waals surface area contributed by atoms with Crippen molar-refractivity contribution in [2.45, 2.75) is 38.5 Å². The smallest absolute Gasteiger partial charge is 0.115 e. The number of phenols is 2. The predicted molar refractivity (Wildman–Crippen MR) is 82.2 cm³/mol. The van der Waals surface area contributed by atoms with Gasteiger partial charge in [-0.25, -0.2) is 0 Å². The molecule has 20 heavy (non-hydrogen) atoms. The fourth-order valence-electron chi connectivity index (χ4n) is 2.41. The van der Waals surface area contributed by atoms with Crippen LogP contribution in [0.4, 0.5) is 0 Å². The summed E-state index contributed by atoms with van der Waals surface area (Å²) >= 11 is 0. The van der Waals surface area contributed by atoms with Crippen molar-refractivity contribution >= 4 is 0 Å². The molecule has 2 N–H and O–H groups in total. The van der Waals surface area contributed by atoms with E-state index in [1.165, 1.54) is 17.5 Å². The molecule has 0 amide bonds. The van der Waals surface area contributed by atoms with E-state index in [0.29, 0.717) is 17.4 Å². The maximum atomic E-state index is 9.28. The van der Waals surface area contributed by atoms with Gasteiger partial charge in [-0.2, -0.15) is 0 Å². The van der Waals surface area contributed by atoms with Crippen LogP contribution in [-0.2, 0) is 6.42 Å². The molecular weight excluding hydrogens is 248 g/mol. The summed E-state index contributed by atoms with van der Waals surface area (Å²) in [6.45, 7) is 2.23. The zero-order valence-corrected chi connectivity index (χ0v) is 11.9. The van der Waals surface area contributed by atoms with E-state index < -0.39 is 0 Å². The van der Waals surface area contributed by atoms with Crippen molar-refractivity contribution in [3.63, 3.8) is 0 Å². The third-order valence-corrected chi connectivity index (χ3v) is 3.75. The highest BCUT2D eigenvalue weighted by molar-refractivity contribution is 5.28. The molecule has 1 unspecified atom stereocenters. The van der Waals surface area contributed by atoms with E-state index in [1.807, 2.05) is 24.3 Å². The quantitative estimate of drug-likeness (QED) is 0.752. The molecule has 0 aromatic heterocycles. The number of aromatic hydroxyl groups is 2. The molecule has 106 valence electrons. The summed E-state index contributed by atoms with van der Waals surface area (Å²) < 4.78 is 0. The van der Waals surface area contributed by atoms with Crippen LogP contribution < -0.4 is 0 Å². The van der Waals surface area contributed by atoms with Crippen LogP contribution in [0.2, 0.25) is 0 Å². The third kappa shape index (κ3) is 4.30. The Labute approximate surface area is 120 Å². The van der Waals surface area contributed by atoms with Gasteiger partial charge in [-0.05, 0) is 60.6 Å². The Morgan fingerprint density at radius 2 is 1.35 bits per heavy atom. The lowest BCUT2D eigenvalue weighted by molar-refractivity contribution is 0.474. The molecule has 0 radical (unpaired) electrons. The third-order valence-electron chi connectivity index (χ3n) is 3.75. The summed E-state index contributed by atoms with van der Waals surface area (Å²) in [5.74, 6) is 1.18. The Kier molecular flexibility index (Phi) is 5.05. The molecule has 2 aromatic rings. The van der Waals surface area contributed by atoms with Gasteiger partial charge in [0.2, 0.25) is 0 Å². The van der Waals surface area contributed by atoms with Crippen LogP contribution in [0.1, 0.15) is 43.2 Å². The van der Waals surface area contributed by atoms with Crippen molar-refractivity contribution in [3.8, 4) is 11.5 Å². The van der Waals surface area contributed by atoms with E-state index >= 15 is 0 Å². The lowest BCUT2D eigenvalue weighted by Crippen LogP contribution is -1.94. The molecule has 0 aliphatic heterocycles. The number of hydrogen-bond acceptors (Lipinski definition) is 2. The molecule has 0 bridgehead atoms. The minimum atomic E-state index is 0.327. The molecule has 0 heterocycles. The van der Waals surface area contributed by atoms with Crippen LogP contribution >= 0.6 is 0 Å². The van der Waals surface area contributed by atoms with E-state index in [0.717, 1.165) is 19.3 Å². The monoisotopic (exact) mass is 270 g/mol. The van der Waals surface area contributed by atoms with Crippen molar-refractivity contribution < 1.29 is 10.2 Å². The highest BCUT2D eigenvalue weighted by Crippen LogP contribution is 2.23. The van der Waals surface area contributed by atoms with Crippen molar-refractivity contribution in [1.82, 2.24) is 0 Å². The minimum absolute atomic E-state index is 0.327. The van der Waals surface area contributed by atoms with Gasteiger partial charge in [0.25, 0.3) is 0 Å². The standard InChI is InChI=1S/C18H22O2/c1-14(16-8-12-18(20)13-9-16)4-2-3-5-15-6-10-17(19)11-7-15/h6-14,19-20H,2-5H2,1H3. The number of benzene rings is 2. The summed E-state index contributed by atoms with van der Waals surface area (Å²) in [4.78, 5) is 0. The predicted octanol–water partition coefficient (Wildman–Crippen LogP) is 4.61. The van der Waals surface area contributed by atoms with Gasteiger partial charge in [-0.1, -0.05) is 37.6 Å². The van der Waals surface area contributed by atoms with Gasteiger partial charge in [0.1, 0.15) is 11.5 Å². The number of rotatable bonds is 6. The largest absolute Gasteiger partial charge is 0.508 e. The van der Waals surface area contributed by atoms with Gasteiger partial charge >= 0.3 is 0 Å². The molecular formula is C18H22O2. The molecule has 0 saturated carbocycles. The SMILES string of the molecule is CC(CCCCc1ccc(O)cc1)c1ccc(O)cc1. The highest BCUT2D eigenvalue weighted by Gasteiger charge is 2.05. The van der Waals surface area contributed by atoms with Crippen molar-refractivity contribution in [2.75, 3.05) is 0 Å². The second kappa shape index (κ2) is 6.99. The summed E-state index contributed by atoms with van der Waals surface area (Å²) in [5.41, 5.74) is 2.56. The van der Waals surface area contributed by atoms with Crippen molar-refractivity contribution in [1.29, 1.82) is 0 Å². The average Bonchev–Trinajstić information content (AvgIpc) is 2.46. The zero-order valence-electron chi connectivity index (χ0n) is 11.9. The molecule has 1 atom stereocenters. The van der Waals surface area contributed by atoms with E-state index in [2.05, 4.69) is 6.92 Å². The van der Waals surface area contributed by atoms with Crippen molar-refractivity contribution in [3.05, 3.63) is 59.7 Å². The van der Waals surface area contributed by atoms with E-state index in [9.17, 15) is 10.2 Å². The molecule has 2 aromatic carbocycles. The molecule has 0 fully saturated rings. The van der Waals surface area contributed by atoms with Crippen LogP contribution in [0.3, 0.4) is 0 Å². The fourth-order valence-corrected chi connectivity index (χ4v) is 2.41. The van der Waals surface area contributed by atoms with Crippen LogP contribution in [0.15, 0.2) is 48.5 Å². The highest BCUT2D eigenvalue weighted by atomic mass is 16.3. The van der Waals surface area contributed by atoms with Crippen molar-refractivity contribution in [2.24, 2.45) is 0 Å². The normalized spacial score (nSPS) is 12.2. The maximum absolute atomic E-state index is 9.28. The second-order valence-electron chi connectivity index (χ2n) is 5.40. The lowest BCUT2D eigenvalue weighted by atomic mass is 9.94. The Hall–Kier alpha value is -1.96. The number of hydrogen-bond donors (Lipinski definition) is 2. The Morgan fingerprint density at radius 1 is 0.800 bits per heavy atom. The lowest BCUT2D eigenvalue weighted by Gasteiger charge is -2.11. The first-order valence-corrected chi connectivity index (χ1v) is 7.22. The number of unbranched alkanes of at least 4 members (excludes halogenated alkanes) is 1. The summed E-state index contributed by atoms with van der Waals surface area (Å²) in [6, 6.07) is 15.0. The van der Waals surface area contributed by atoms with Crippen LogP contribution in [-0.4, -0.2) is 10.2 Å². The van der Waals surface area contributed by atoms with Crippen LogP contribution in [0, 0.1) is 0 Å². The van der Waals surface area contributed by atoms with Gasteiger partial charge in [0.15, 0.2) is 0 Å². The topological polar surface area (TPSA) is 40.5 Å². The van der Waals surface area contributed by atoms with Crippen LogP contribution in [0.5, 0.6) is 11.5 Å². The van der Waals surface area contributed by atoms with E-state index in [1.54, 1.807) is 24.3 Å². The van der Waals surface area contributed by atoms with E-state index in [-0.39, 0.29) is 0 Å². The zero-order chi connectivity index (χ0) is 14.4. The molecule has 2 nitrogen and oxygen atoms in total. The maximum Gasteiger partial charge on any atom is 0.115 e. The first-order chi connectivity index (χ1) is 9.65. The average molecular weight is 270 g/mol. The second-order valence-corrected chi connectivity index (χ2v) is 5.40.